The minimum Gasteiger partial charge on any atom is -0.480 e. The lowest BCUT2D eigenvalue weighted by molar-refractivity contribution is -0.141. The molecule has 0 heterocycles. The van der Waals surface area contributed by atoms with Gasteiger partial charge in [0.05, 0.1) is 12.6 Å². The first kappa shape index (κ1) is 22.5. The molecule has 0 aliphatic carbocycles. The fraction of sp³-hybridized carbons (Fsp3) is 0.412. The van der Waals surface area contributed by atoms with Crippen LogP contribution in [0, 0.1) is 0 Å². The Morgan fingerprint density at radius 3 is 2.30 bits per heavy atom. The molecule has 0 saturated carbocycles. The van der Waals surface area contributed by atoms with Gasteiger partial charge in [-0.1, -0.05) is 30.3 Å². The molecule has 10 heteroatoms. The lowest BCUT2D eigenvalue weighted by atomic mass is 10.0. The van der Waals surface area contributed by atoms with E-state index in [9.17, 15) is 19.2 Å². The summed E-state index contributed by atoms with van der Waals surface area (Å²) in [5, 5.41) is 16.1. The highest BCUT2D eigenvalue weighted by Crippen LogP contribution is 2.04. The number of hydrogen-bond donors (Lipinski definition) is 6. The predicted molar refractivity (Wildman–Crippen MR) is 102 cm³/mol. The molecule has 27 heavy (non-hydrogen) atoms. The molecule has 148 valence electrons. The molecule has 0 aromatic heterocycles. The molecule has 0 fully saturated rings. The number of hydrogen-bond acceptors (Lipinski definition) is 6. The Bertz CT molecular complexity index is 671. The topological polar surface area (TPSA) is 151 Å². The monoisotopic (exact) mass is 396 g/mol. The number of rotatable bonds is 10. The van der Waals surface area contributed by atoms with E-state index in [4.69, 9.17) is 10.8 Å². The number of carboxylic acids is 1. The molecule has 0 saturated heterocycles. The van der Waals surface area contributed by atoms with E-state index in [2.05, 4.69) is 28.6 Å². The van der Waals surface area contributed by atoms with Crippen molar-refractivity contribution in [3.05, 3.63) is 35.9 Å². The van der Waals surface area contributed by atoms with Crippen molar-refractivity contribution in [1.29, 1.82) is 0 Å². The maximum Gasteiger partial charge on any atom is 0.325 e. The molecule has 0 bridgehead atoms. The lowest BCUT2D eigenvalue weighted by Crippen LogP contribution is -2.54. The molecule has 6 N–H and O–H groups in total. The van der Waals surface area contributed by atoms with Crippen LogP contribution in [-0.4, -0.2) is 59.2 Å². The molecule has 0 aliphatic heterocycles. The second kappa shape index (κ2) is 11.2. The van der Waals surface area contributed by atoms with Gasteiger partial charge >= 0.3 is 5.97 Å². The van der Waals surface area contributed by atoms with Gasteiger partial charge in [0.1, 0.15) is 12.1 Å². The Kier molecular flexibility index (Phi) is 9.31. The molecule has 3 unspecified atom stereocenters. The third-order valence-electron chi connectivity index (χ3n) is 3.62. The summed E-state index contributed by atoms with van der Waals surface area (Å²) in [6.07, 6.45) is 0.162. The quantitative estimate of drug-likeness (QED) is 0.270. The number of thiol groups is 1. The minimum absolute atomic E-state index is 0.125. The Hall–Kier alpha value is -2.59. The molecule has 0 spiro atoms. The van der Waals surface area contributed by atoms with Crippen molar-refractivity contribution >= 4 is 36.3 Å². The normalized spacial score (nSPS) is 13.7. The van der Waals surface area contributed by atoms with Crippen molar-refractivity contribution in [1.82, 2.24) is 16.0 Å². The highest BCUT2D eigenvalue weighted by atomic mass is 32.1. The van der Waals surface area contributed by atoms with Crippen molar-refractivity contribution in [2.45, 2.75) is 31.5 Å². The van der Waals surface area contributed by atoms with Crippen molar-refractivity contribution in [3.8, 4) is 0 Å². The summed E-state index contributed by atoms with van der Waals surface area (Å²) in [6.45, 7) is 0.952. The number of aliphatic carboxylic acids is 1. The molecule has 3 amide bonds. The first-order valence-corrected chi connectivity index (χ1v) is 8.88. The number of nitrogens with one attached hydrogen (secondary N) is 3. The Morgan fingerprint density at radius 2 is 1.74 bits per heavy atom. The van der Waals surface area contributed by atoms with Crippen LogP contribution < -0.4 is 21.7 Å². The molecule has 1 aromatic carbocycles. The van der Waals surface area contributed by atoms with Crippen molar-refractivity contribution in [2.24, 2.45) is 5.73 Å². The average molecular weight is 396 g/mol. The van der Waals surface area contributed by atoms with Crippen LogP contribution in [0.2, 0.25) is 0 Å². The van der Waals surface area contributed by atoms with Crippen LogP contribution in [0.15, 0.2) is 30.3 Å². The van der Waals surface area contributed by atoms with Gasteiger partial charge in [0.2, 0.25) is 17.7 Å². The van der Waals surface area contributed by atoms with E-state index in [1.807, 2.05) is 6.07 Å². The van der Waals surface area contributed by atoms with Crippen molar-refractivity contribution < 1.29 is 24.3 Å². The maximum atomic E-state index is 12.4. The zero-order valence-electron chi connectivity index (χ0n) is 14.8. The summed E-state index contributed by atoms with van der Waals surface area (Å²) in [5.41, 5.74) is 6.28. The largest absolute Gasteiger partial charge is 0.480 e. The lowest BCUT2D eigenvalue weighted by Gasteiger charge is -2.20. The third kappa shape index (κ3) is 8.09. The fourth-order valence-corrected chi connectivity index (χ4v) is 2.23. The van der Waals surface area contributed by atoms with Crippen LogP contribution in [0.3, 0.4) is 0 Å². The Balaban J connectivity index is 2.75. The van der Waals surface area contributed by atoms with Gasteiger partial charge in [0.15, 0.2) is 0 Å². The first-order valence-electron chi connectivity index (χ1n) is 8.25. The van der Waals surface area contributed by atoms with Gasteiger partial charge in [-0.05, 0) is 12.5 Å². The summed E-state index contributed by atoms with van der Waals surface area (Å²) in [7, 11) is 0. The third-order valence-corrected chi connectivity index (χ3v) is 4.01. The van der Waals surface area contributed by atoms with E-state index in [1.54, 1.807) is 24.3 Å². The van der Waals surface area contributed by atoms with Crippen LogP contribution in [0.4, 0.5) is 0 Å². The van der Waals surface area contributed by atoms with Gasteiger partial charge in [-0.25, -0.2) is 0 Å². The summed E-state index contributed by atoms with van der Waals surface area (Å²) in [5.74, 6) is -2.85. The highest BCUT2D eigenvalue weighted by molar-refractivity contribution is 7.80. The van der Waals surface area contributed by atoms with Crippen LogP contribution >= 0.6 is 12.6 Å². The van der Waals surface area contributed by atoms with Crippen LogP contribution in [0.5, 0.6) is 0 Å². The first-order chi connectivity index (χ1) is 12.7. The number of carboxylic acid groups (broad SMARTS) is 1. The van der Waals surface area contributed by atoms with E-state index < -0.39 is 41.8 Å². The van der Waals surface area contributed by atoms with Crippen molar-refractivity contribution in [2.75, 3.05) is 12.3 Å². The average Bonchev–Trinajstić information content (AvgIpc) is 2.65. The number of benzene rings is 1. The number of nitrogens with two attached hydrogens (primary N) is 1. The van der Waals surface area contributed by atoms with Gasteiger partial charge in [-0.2, -0.15) is 12.6 Å². The predicted octanol–water partition coefficient (Wildman–Crippen LogP) is -1.32. The molecule has 3 atom stereocenters. The Morgan fingerprint density at radius 1 is 1.11 bits per heavy atom. The van der Waals surface area contributed by atoms with E-state index in [0.29, 0.717) is 0 Å². The molecule has 0 aliphatic rings. The van der Waals surface area contributed by atoms with E-state index in [1.165, 1.54) is 6.92 Å². The van der Waals surface area contributed by atoms with E-state index in [-0.39, 0.29) is 18.7 Å². The van der Waals surface area contributed by atoms with E-state index in [0.717, 1.165) is 5.56 Å². The minimum atomic E-state index is -1.19. The Labute approximate surface area is 162 Å². The van der Waals surface area contributed by atoms with Gasteiger partial charge in [0.25, 0.3) is 0 Å². The number of carbonyl (C=O) groups is 4. The van der Waals surface area contributed by atoms with Crippen molar-refractivity contribution in [3.63, 3.8) is 0 Å². The SMILES string of the molecule is CC(NC(=O)C(Cc1ccccc1)NC(=O)CNC(=O)C(N)CS)C(=O)O. The van der Waals surface area contributed by atoms with Crippen LogP contribution in [0.1, 0.15) is 12.5 Å². The number of amides is 3. The van der Waals surface area contributed by atoms with Gasteiger partial charge in [-0.3, -0.25) is 19.2 Å². The summed E-state index contributed by atoms with van der Waals surface area (Å²) in [6, 6.07) is 5.97. The zero-order chi connectivity index (χ0) is 20.4. The van der Waals surface area contributed by atoms with Gasteiger partial charge in [0, 0.05) is 12.2 Å². The van der Waals surface area contributed by atoms with Gasteiger partial charge < -0.3 is 26.8 Å². The smallest absolute Gasteiger partial charge is 0.325 e. The summed E-state index contributed by atoms with van der Waals surface area (Å²) < 4.78 is 0. The zero-order valence-corrected chi connectivity index (χ0v) is 15.7. The molecule has 9 nitrogen and oxygen atoms in total. The molecule has 1 aromatic rings. The van der Waals surface area contributed by atoms with Crippen LogP contribution in [0.25, 0.3) is 0 Å². The molecular weight excluding hydrogens is 372 g/mol. The molecule has 1 rings (SSSR count). The maximum absolute atomic E-state index is 12.4. The summed E-state index contributed by atoms with van der Waals surface area (Å²) >= 11 is 3.90. The second-order valence-electron chi connectivity index (χ2n) is 5.89. The van der Waals surface area contributed by atoms with Crippen LogP contribution in [-0.2, 0) is 25.6 Å². The van der Waals surface area contributed by atoms with E-state index >= 15 is 0 Å². The summed E-state index contributed by atoms with van der Waals surface area (Å²) in [4.78, 5) is 47.0. The highest BCUT2D eigenvalue weighted by Gasteiger charge is 2.25. The fourth-order valence-electron chi connectivity index (χ4n) is 2.06. The van der Waals surface area contributed by atoms with Gasteiger partial charge in [-0.15, -0.1) is 0 Å². The second-order valence-corrected chi connectivity index (χ2v) is 6.25. The molecular formula is C17H24N4O5S. The standard InChI is InChI=1S/C17H24N4O5S/c1-10(17(25)26)20-16(24)13(7-11-5-3-2-4-6-11)21-14(22)8-19-15(23)12(18)9-27/h2-6,10,12-13,27H,7-9,18H2,1H3,(H,19,23)(H,20,24)(H,21,22)(H,25,26). The number of carbonyl (C=O) groups excluding carboxylic acids is 3. The molecule has 0 radical (unpaired) electrons.